The molecule has 0 spiro atoms. The van der Waals surface area contributed by atoms with Gasteiger partial charge >= 0.3 is 6.18 Å². The van der Waals surface area contributed by atoms with Crippen LogP contribution >= 0.6 is 0 Å². The van der Waals surface area contributed by atoms with Crippen molar-refractivity contribution in [1.29, 1.82) is 0 Å². The van der Waals surface area contributed by atoms with E-state index in [9.17, 15) is 13.2 Å². The Balaban J connectivity index is 2.11. The Morgan fingerprint density at radius 1 is 1.22 bits per heavy atom. The summed E-state index contributed by atoms with van der Waals surface area (Å²) in [7, 11) is 2.03. The molecule has 4 nitrogen and oxygen atoms in total. The van der Waals surface area contributed by atoms with E-state index >= 15 is 0 Å². The molecule has 0 saturated carbocycles. The molecule has 1 aromatic rings. The smallest absolute Gasteiger partial charge is 0.366 e. The van der Waals surface area contributed by atoms with Gasteiger partial charge in [0.2, 0.25) is 5.82 Å². The van der Waals surface area contributed by atoms with Crippen molar-refractivity contribution < 1.29 is 13.2 Å². The Hall–Kier alpha value is -1.37. The van der Waals surface area contributed by atoms with Gasteiger partial charge in [-0.05, 0) is 14.0 Å². The average Bonchev–Trinajstić information content (AvgIpc) is 2.32. The highest BCUT2D eigenvalue weighted by Gasteiger charge is 2.34. The number of nitrogens with zero attached hydrogens (tertiary/aromatic N) is 4. The first-order chi connectivity index (χ1) is 8.38. The van der Waals surface area contributed by atoms with Gasteiger partial charge in [0.05, 0.1) is 18.1 Å². The van der Waals surface area contributed by atoms with Crippen molar-refractivity contribution in [3.63, 3.8) is 0 Å². The first-order valence-electron chi connectivity index (χ1n) is 5.72. The van der Waals surface area contributed by atoms with E-state index in [0.717, 1.165) is 19.6 Å². The normalized spacial score (nSPS) is 22.3. The molecule has 1 atom stereocenters. The van der Waals surface area contributed by atoms with Crippen LogP contribution in [0.2, 0.25) is 0 Å². The van der Waals surface area contributed by atoms with Crippen LogP contribution in [0, 0.1) is 0 Å². The van der Waals surface area contributed by atoms with Crippen molar-refractivity contribution in [2.24, 2.45) is 0 Å². The molecule has 7 heteroatoms. The molecule has 0 amide bonds. The lowest BCUT2D eigenvalue weighted by Crippen LogP contribution is -2.50. The van der Waals surface area contributed by atoms with Gasteiger partial charge in [0, 0.05) is 25.7 Å². The van der Waals surface area contributed by atoms with Crippen molar-refractivity contribution >= 4 is 5.69 Å². The summed E-state index contributed by atoms with van der Waals surface area (Å²) in [5.74, 6) is -1.09. The summed E-state index contributed by atoms with van der Waals surface area (Å²) in [6.45, 7) is 4.50. The first kappa shape index (κ1) is 13.1. The van der Waals surface area contributed by atoms with E-state index in [0.29, 0.717) is 11.7 Å². The summed E-state index contributed by atoms with van der Waals surface area (Å²) in [5.41, 5.74) is 0.642. The summed E-state index contributed by atoms with van der Waals surface area (Å²) in [5, 5.41) is 0. The van der Waals surface area contributed by atoms with Crippen molar-refractivity contribution in [2.75, 3.05) is 31.6 Å². The second-order valence-corrected chi connectivity index (χ2v) is 4.54. The fraction of sp³-hybridized carbons (Fsp3) is 0.636. The maximum Gasteiger partial charge on any atom is 0.451 e. The standard InChI is InChI=1S/C11H15F3N4/c1-8-7-18(4-3-17(8)2)9-5-15-10(16-6-9)11(12,13)14/h5-6,8H,3-4,7H2,1-2H3. The Labute approximate surface area is 103 Å². The summed E-state index contributed by atoms with van der Waals surface area (Å²) in [4.78, 5) is 11.0. The summed E-state index contributed by atoms with van der Waals surface area (Å²) in [6.07, 6.45) is -1.99. The van der Waals surface area contributed by atoms with Crippen molar-refractivity contribution in [2.45, 2.75) is 19.1 Å². The van der Waals surface area contributed by atoms with Crippen LogP contribution in [0.3, 0.4) is 0 Å². The molecule has 100 valence electrons. The molecule has 0 aliphatic carbocycles. The number of anilines is 1. The van der Waals surface area contributed by atoms with Gasteiger partial charge in [-0.15, -0.1) is 0 Å². The van der Waals surface area contributed by atoms with Crippen LogP contribution in [0.15, 0.2) is 12.4 Å². The molecule has 0 N–H and O–H groups in total. The molecular weight excluding hydrogens is 245 g/mol. The number of aromatic nitrogens is 2. The number of rotatable bonds is 1. The van der Waals surface area contributed by atoms with Crippen LogP contribution in [0.4, 0.5) is 18.9 Å². The lowest BCUT2D eigenvalue weighted by atomic mass is 10.2. The number of hydrogen-bond acceptors (Lipinski definition) is 4. The molecule has 2 heterocycles. The van der Waals surface area contributed by atoms with E-state index in [1.165, 1.54) is 12.4 Å². The second-order valence-electron chi connectivity index (χ2n) is 4.54. The highest BCUT2D eigenvalue weighted by Crippen LogP contribution is 2.26. The molecule has 0 bridgehead atoms. The topological polar surface area (TPSA) is 32.3 Å². The molecule has 0 aromatic carbocycles. The number of alkyl halides is 3. The first-order valence-corrected chi connectivity index (χ1v) is 5.72. The SMILES string of the molecule is CC1CN(c2cnc(C(F)(F)F)nc2)CCN1C. The quantitative estimate of drug-likeness (QED) is 0.768. The summed E-state index contributed by atoms with van der Waals surface area (Å²) < 4.78 is 37.0. The second kappa shape index (κ2) is 4.72. The van der Waals surface area contributed by atoms with Gasteiger partial charge < -0.3 is 9.80 Å². The third-order valence-corrected chi connectivity index (χ3v) is 3.22. The highest BCUT2D eigenvalue weighted by atomic mass is 19.4. The van der Waals surface area contributed by atoms with Gasteiger partial charge in [-0.25, -0.2) is 9.97 Å². The molecule has 1 aliphatic heterocycles. The molecule has 2 rings (SSSR count). The van der Waals surface area contributed by atoms with Gasteiger partial charge in [-0.1, -0.05) is 0 Å². The van der Waals surface area contributed by atoms with Crippen LogP contribution in [0.1, 0.15) is 12.7 Å². The van der Waals surface area contributed by atoms with E-state index in [2.05, 4.69) is 21.8 Å². The fourth-order valence-electron chi connectivity index (χ4n) is 1.91. The predicted molar refractivity (Wildman–Crippen MR) is 61.3 cm³/mol. The number of hydrogen-bond donors (Lipinski definition) is 0. The molecule has 1 aliphatic rings. The average molecular weight is 260 g/mol. The van der Waals surface area contributed by atoms with Crippen molar-refractivity contribution in [1.82, 2.24) is 14.9 Å². The number of halogens is 3. The third kappa shape index (κ3) is 2.72. The number of piperazine rings is 1. The van der Waals surface area contributed by atoms with E-state index in [-0.39, 0.29) is 0 Å². The van der Waals surface area contributed by atoms with Gasteiger partial charge in [-0.3, -0.25) is 0 Å². The van der Waals surface area contributed by atoms with Gasteiger partial charge in [0.25, 0.3) is 0 Å². The molecular formula is C11H15F3N4. The predicted octanol–water partition coefficient (Wildman–Crippen LogP) is 1.64. The van der Waals surface area contributed by atoms with Crippen LogP contribution in [0.5, 0.6) is 0 Å². The molecule has 0 radical (unpaired) electrons. The van der Waals surface area contributed by atoms with E-state index in [1.54, 1.807) is 0 Å². The Morgan fingerprint density at radius 3 is 2.33 bits per heavy atom. The number of likely N-dealkylation sites (N-methyl/N-ethyl adjacent to an activating group) is 1. The van der Waals surface area contributed by atoms with Crippen molar-refractivity contribution in [3.8, 4) is 0 Å². The zero-order valence-electron chi connectivity index (χ0n) is 10.3. The lowest BCUT2D eigenvalue weighted by molar-refractivity contribution is -0.144. The Kier molecular flexibility index (Phi) is 3.43. The largest absolute Gasteiger partial charge is 0.451 e. The minimum atomic E-state index is -4.48. The Bertz CT molecular complexity index is 404. The van der Waals surface area contributed by atoms with Gasteiger partial charge in [0.1, 0.15) is 0 Å². The van der Waals surface area contributed by atoms with E-state index < -0.39 is 12.0 Å². The molecule has 1 unspecified atom stereocenters. The highest BCUT2D eigenvalue weighted by molar-refractivity contribution is 5.42. The minimum absolute atomic E-state index is 0.362. The minimum Gasteiger partial charge on any atom is -0.366 e. The van der Waals surface area contributed by atoms with Crippen LogP contribution in [-0.2, 0) is 6.18 Å². The van der Waals surface area contributed by atoms with Crippen LogP contribution < -0.4 is 4.90 Å². The summed E-state index contributed by atoms with van der Waals surface area (Å²) in [6, 6.07) is 0.362. The maximum absolute atomic E-state index is 12.3. The summed E-state index contributed by atoms with van der Waals surface area (Å²) >= 11 is 0. The maximum atomic E-state index is 12.3. The third-order valence-electron chi connectivity index (χ3n) is 3.22. The zero-order chi connectivity index (χ0) is 13.3. The Morgan fingerprint density at radius 2 is 1.83 bits per heavy atom. The van der Waals surface area contributed by atoms with Crippen LogP contribution in [-0.4, -0.2) is 47.6 Å². The lowest BCUT2D eigenvalue weighted by Gasteiger charge is -2.38. The monoisotopic (exact) mass is 260 g/mol. The van der Waals surface area contributed by atoms with E-state index in [1.807, 2.05) is 11.9 Å². The molecule has 1 saturated heterocycles. The fourth-order valence-corrected chi connectivity index (χ4v) is 1.91. The van der Waals surface area contributed by atoms with Gasteiger partial charge in [0.15, 0.2) is 0 Å². The molecule has 18 heavy (non-hydrogen) atoms. The molecule has 1 fully saturated rings. The van der Waals surface area contributed by atoms with Crippen LogP contribution in [0.25, 0.3) is 0 Å². The van der Waals surface area contributed by atoms with Crippen molar-refractivity contribution in [3.05, 3.63) is 18.2 Å². The van der Waals surface area contributed by atoms with Gasteiger partial charge in [-0.2, -0.15) is 13.2 Å². The molecule has 1 aromatic heterocycles. The zero-order valence-corrected chi connectivity index (χ0v) is 10.3. The van der Waals surface area contributed by atoms with E-state index in [4.69, 9.17) is 0 Å².